The number of rotatable bonds is 6. The number of nitrogens with zero attached hydrogens (tertiary/aromatic N) is 1. The highest BCUT2D eigenvalue weighted by Gasteiger charge is 2.51. The fourth-order valence-electron chi connectivity index (χ4n) is 3.84. The van der Waals surface area contributed by atoms with E-state index in [9.17, 15) is 14.7 Å². The largest absolute Gasteiger partial charge is 0.481 e. The molecule has 2 N–H and O–H groups in total. The van der Waals surface area contributed by atoms with Gasteiger partial charge in [-0.2, -0.15) is 0 Å². The van der Waals surface area contributed by atoms with Gasteiger partial charge in [0.2, 0.25) is 0 Å². The van der Waals surface area contributed by atoms with Gasteiger partial charge in [0.15, 0.2) is 0 Å². The van der Waals surface area contributed by atoms with Crippen LogP contribution in [-0.2, 0) is 4.79 Å². The lowest BCUT2D eigenvalue weighted by molar-refractivity contribution is -0.144. The first-order chi connectivity index (χ1) is 9.58. The molecule has 0 radical (unpaired) electrons. The fraction of sp³-hybridized carbons (Fsp3) is 0.867. The van der Waals surface area contributed by atoms with Gasteiger partial charge in [0.05, 0.1) is 5.92 Å². The van der Waals surface area contributed by atoms with Gasteiger partial charge in [-0.25, -0.2) is 4.79 Å². The molecule has 5 heteroatoms. The van der Waals surface area contributed by atoms with Crippen LogP contribution in [0.25, 0.3) is 0 Å². The predicted octanol–water partition coefficient (Wildman–Crippen LogP) is 2.32. The second-order valence-corrected chi connectivity index (χ2v) is 6.11. The van der Waals surface area contributed by atoms with Crippen molar-refractivity contribution in [3.63, 3.8) is 0 Å². The average Bonchev–Trinajstić information content (AvgIpc) is 3.00. The van der Waals surface area contributed by atoms with Crippen molar-refractivity contribution in [2.24, 2.45) is 17.8 Å². The number of hydrogen-bond acceptors (Lipinski definition) is 2. The predicted molar refractivity (Wildman–Crippen MR) is 76.4 cm³/mol. The van der Waals surface area contributed by atoms with Crippen LogP contribution in [0.2, 0.25) is 0 Å². The van der Waals surface area contributed by atoms with E-state index in [1.165, 1.54) is 0 Å². The molecule has 0 aromatic rings. The molecule has 0 heterocycles. The number of carboxylic acids is 1. The summed E-state index contributed by atoms with van der Waals surface area (Å²) in [5.41, 5.74) is 0. The third kappa shape index (κ3) is 2.91. The first-order valence-electron chi connectivity index (χ1n) is 7.86. The summed E-state index contributed by atoms with van der Waals surface area (Å²) in [4.78, 5) is 25.5. The van der Waals surface area contributed by atoms with E-state index in [-0.39, 0.29) is 23.9 Å². The summed E-state index contributed by atoms with van der Waals surface area (Å²) in [6.07, 6.45) is 5.06. The second kappa shape index (κ2) is 6.46. The first kappa shape index (κ1) is 15.1. The Morgan fingerprint density at radius 2 is 1.95 bits per heavy atom. The van der Waals surface area contributed by atoms with E-state index in [0.717, 1.165) is 38.6 Å². The highest BCUT2D eigenvalue weighted by Crippen LogP contribution is 2.48. The van der Waals surface area contributed by atoms with E-state index in [1.54, 1.807) is 4.90 Å². The molecule has 2 rings (SSSR count). The van der Waals surface area contributed by atoms with Crippen LogP contribution in [0.5, 0.6) is 0 Å². The zero-order chi connectivity index (χ0) is 14.7. The second-order valence-electron chi connectivity index (χ2n) is 6.11. The lowest BCUT2D eigenvalue weighted by Crippen LogP contribution is -2.51. The quantitative estimate of drug-likeness (QED) is 0.785. The molecule has 2 saturated carbocycles. The monoisotopic (exact) mass is 282 g/mol. The maximum atomic E-state index is 12.3. The van der Waals surface area contributed by atoms with Crippen molar-refractivity contribution in [3.8, 4) is 0 Å². The Hall–Kier alpha value is -1.26. The summed E-state index contributed by atoms with van der Waals surface area (Å²) >= 11 is 0. The molecule has 2 amide bonds. The Balaban J connectivity index is 1.97. The molecule has 114 valence electrons. The molecule has 5 nitrogen and oxygen atoms in total. The van der Waals surface area contributed by atoms with Crippen LogP contribution in [0.4, 0.5) is 4.79 Å². The van der Waals surface area contributed by atoms with Crippen LogP contribution in [-0.4, -0.2) is 41.1 Å². The zero-order valence-electron chi connectivity index (χ0n) is 12.5. The molecule has 0 aromatic heterocycles. The van der Waals surface area contributed by atoms with Crippen molar-refractivity contribution in [3.05, 3.63) is 0 Å². The van der Waals surface area contributed by atoms with Gasteiger partial charge in [-0.3, -0.25) is 4.79 Å². The molecule has 2 aliphatic carbocycles. The lowest BCUT2D eigenvalue weighted by Gasteiger charge is -2.31. The minimum Gasteiger partial charge on any atom is -0.481 e. The molecular weight excluding hydrogens is 256 g/mol. The van der Waals surface area contributed by atoms with Crippen LogP contribution < -0.4 is 5.32 Å². The number of hydrogen-bond donors (Lipinski definition) is 2. The molecule has 0 aromatic carbocycles. The molecule has 4 atom stereocenters. The van der Waals surface area contributed by atoms with Crippen molar-refractivity contribution in [2.75, 3.05) is 13.1 Å². The number of aliphatic carboxylic acids is 1. The Morgan fingerprint density at radius 3 is 2.55 bits per heavy atom. The number of urea groups is 1. The van der Waals surface area contributed by atoms with E-state index in [1.807, 2.05) is 6.92 Å². The maximum Gasteiger partial charge on any atom is 0.317 e. The Bertz CT molecular complexity index is 372. The van der Waals surface area contributed by atoms with Gasteiger partial charge in [-0.1, -0.05) is 13.3 Å². The molecule has 2 aliphatic rings. The van der Waals surface area contributed by atoms with Crippen molar-refractivity contribution >= 4 is 12.0 Å². The summed E-state index contributed by atoms with van der Waals surface area (Å²) in [5.74, 6) is -0.523. The summed E-state index contributed by atoms with van der Waals surface area (Å²) < 4.78 is 0. The molecule has 0 saturated heterocycles. The molecule has 4 unspecified atom stereocenters. The maximum absolute atomic E-state index is 12.3. The van der Waals surface area contributed by atoms with Gasteiger partial charge in [-0.15, -0.1) is 0 Å². The number of unbranched alkanes of at least 4 members (excludes halogenated alkanes) is 1. The van der Waals surface area contributed by atoms with Gasteiger partial charge in [0.1, 0.15) is 0 Å². The molecule has 2 bridgehead atoms. The normalized spacial score (nSPS) is 31.3. The average molecular weight is 282 g/mol. The number of fused-ring (bicyclic) bond motifs is 2. The summed E-state index contributed by atoms with van der Waals surface area (Å²) in [6, 6.07) is -0.265. The van der Waals surface area contributed by atoms with E-state index >= 15 is 0 Å². The number of amides is 2. The third-order valence-corrected chi connectivity index (χ3v) is 4.94. The van der Waals surface area contributed by atoms with Crippen molar-refractivity contribution in [2.45, 2.75) is 52.0 Å². The number of nitrogens with one attached hydrogen (secondary N) is 1. The third-order valence-electron chi connectivity index (χ3n) is 4.94. The van der Waals surface area contributed by atoms with E-state index < -0.39 is 5.97 Å². The fourth-order valence-corrected chi connectivity index (χ4v) is 3.84. The molecule has 20 heavy (non-hydrogen) atoms. The molecule has 2 fully saturated rings. The zero-order valence-corrected chi connectivity index (χ0v) is 12.5. The molecule has 0 aliphatic heterocycles. The SMILES string of the molecule is CCCCN(CC)C(=O)NC1C2CCC(C2)C1C(=O)O. The van der Waals surface area contributed by atoms with Gasteiger partial charge >= 0.3 is 12.0 Å². The Kier molecular flexibility index (Phi) is 4.89. The van der Waals surface area contributed by atoms with Gasteiger partial charge < -0.3 is 15.3 Å². The smallest absolute Gasteiger partial charge is 0.317 e. The Morgan fingerprint density at radius 1 is 1.25 bits per heavy atom. The van der Waals surface area contributed by atoms with Gasteiger partial charge in [0, 0.05) is 19.1 Å². The first-order valence-corrected chi connectivity index (χ1v) is 7.86. The van der Waals surface area contributed by atoms with E-state index in [4.69, 9.17) is 0 Å². The van der Waals surface area contributed by atoms with E-state index in [2.05, 4.69) is 12.2 Å². The minimum atomic E-state index is -0.751. The van der Waals surface area contributed by atoms with Gasteiger partial charge in [0.25, 0.3) is 0 Å². The van der Waals surface area contributed by atoms with Crippen LogP contribution in [0, 0.1) is 17.8 Å². The van der Waals surface area contributed by atoms with Crippen molar-refractivity contribution < 1.29 is 14.7 Å². The van der Waals surface area contributed by atoms with Crippen LogP contribution >= 0.6 is 0 Å². The highest BCUT2D eigenvalue weighted by molar-refractivity contribution is 5.77. The van der Waals surface area contributed by atoms with Gasteiger partial charge in [-0.05, 0) is 44.4 Å². The molecule has 0 spiro atoms. The van der Waals surface area contributed by atoms with Crippen molar-refractivity contribution in [1.82, 2.24) is 10.2 Å². The Labute approximate surface area is 120 Å². The summed E-state index contributed by atoms with van der Waals surface area (Å²) in [5, 5.41) is 12.4. The standard InChI is InChI=1S/C15H26N2O3/c1-3-5-8-17(4-2)15(20)16-13-11-7-6-10(9-11)12(13)14(18)19/h10-13H,3-9H2,1-2H3,(H,16,20)(H,18,19). The van der Waals surface area contributed by atoms with Crippen LogP contribution in [0.15, 0.2) is 0 Å². The lowest BCUT2D eigenvalue weighted by atomic mass is 9.84. The van der Waals surface area contributed by atoms with Crippen LogP contribution in [0.3, 0.4) is 0 Å². The van der Waals surface area contributed by atoms with Crippen LogP contribution in [0.1, 0.15) is 46.0 Å². The minimum absolute atomic E-state index is 0.0928. The molecular formula is C15H26N2O3. The summed E-state index contributed by atoms with van der Waals surface area (Å²) in [6.45, 7) is 5.48. The topological polar surface area (TPSA) is 69.6 Å². The van der Waals surface area contributed by atoms with E-state index in [0.29, 0.717) is 12.5 Å². The number of carbonyl (C=O) groups excluding carboxylic acids is 1. The summed E-state index contributed by atoms with van der Waals surface area (Å²) in [7, 11) is 0. The number of carbonyl (C=O) groups is 2. The van der Waals surface area contributed by atoms with Crippen molar-refractivity contribution in [1.29, 1.82) is 0 Å². The number of carboxylic acid groups (broad SMARTS) is 1. The highest BCUT2D eigenvalue weighted by atomic mass is 16.4.